The maximum Gasteiger partial charge on any atom is 0.130 e. The minimum atomic E-state index is -0.523. The zero-order valence-corrected chi connectivity index (χ0v) is 8.76. The second kappa shape index (κ2) is 4.27. The highest BCUT2D eigenvalue weighted by molar-refractivity contribution is 5.21. The first-order valence-corrected chi connectivity index (χ1v) is 5.35. The van der Waals surface area contributed by atoms with E-state index in [1.807, 2.05) is 6.92 Å². The van der Waals surface area contributed by atoms with E-state index in [0.717, 1.165) is 18.5 Å². The van der Waals surface area contributed by atoms with E-state index in [0.29, 0.717) is 5.56 Å². The Bertz CT molecular complexity index is 347. The molecule has 0 amide bonds. The van der Waals surface area contributed by atoms with Gasteiger partial charge in [-0.05, 0) is 38.3 Å². The molecule has 0 heterocycles. The summed E-state index contributed by atoms with van der Waals surface area (Å²) < 4.78 is 26.0. The number of rotatable bonds is 4. The molecule has 1 N–H and O–H groups in total. The molecule has 15 heavy (non-hydrogen) atoms. The van der Waals surface area contributed by atoms with Crippen molar-refractivity contribution >= 4 is 0 Å². The Hall–Kier alpha value is -0.960. The molecule has 1 aliphatic rings. The summed E-state index contributed by atoms with van der Waals surface area (Å²) in [5, 5.41) is 3.26. The molecule has 1 aromatic carbocycles. The lowest BCUT2D eigenvalue weighted by atomic mass is 10.1. The molecule has 0 unspecified atom stereocenters. The van der Waals surface area contributed by atoms with Gasteiger partial charge in [0.2, 0.25) is 0 Å². The highest BCUT2D eigenvalue weighted by Crippen LogP contribution is 2.28. The van der Waals surface area contributed by atoms with Crippen LogP contribution in [0.25, 0.3) is 0 Å². The van der Waals surface area contributed by atoms with Crippen LogP contribution in [0.3, 0.4) is 0 Å². The van der Waals surface area contributed by atoms with Gasteiger partial charge in [0, 0.05) is 17.7 Å². The van der Waals surface area contributed by atoms with Gasteiger partial charge in [-0.25, -0.2) is 8.78 Å². The summed E-state index contributed by atoms with van der Waals surface area (Å²) in [4.78, 5) is 0. The fourth-order valence-electron chi connectivity index (χ4n) is 1.63. The Morgan fingerprint density at radius 1 is 1.40 bits per heavy atom. The maximum absolute atomic E-state index is 13.4. The van der Waals surface area contributed by atoms with E-state index in [1.54, 1.807) is 0 Å². The molecular formula is C12H15F2N. The van der Waals surface area contributed by atoms with Crippen LogP contribution in [0.1, 0.15) is 31.4 Å². The van der Waals surface area contributed by atoms with Gasteiger partial charge in [0.15, 0.2) is 0 Å². The lowest BCUT2D eigenvalue weighted by molar-refractivity contribution is 0.507. The highest BCUT2D eigenvalue weighted by atomic mass is 19.1. The minimum absolute atomic E-state index is 0.0498. The summed E-state index contributed by atoms with van der Waals surface area (Å²) in [6.45, 7) is 2.83. The third-order valence-corrected chi connectivity index (χ3v) is 2.84. The van der Waals surface area contributed by atoms with Gasteiger partial charge in [0.1, 0.15) is 11.6 Å². The van der Waals surface area contributed by atoms with E-state index < -0.39 is 11.6 Å². The molecule has 1 nitrogen and oxygen atoms in total. The van der Waals surface area contributed by atoms with Gasteiger partial charge in [0.25, 0.3) is 0 Å². The predicted molar refractivity (Wildman–Crippen MR) is 55.5 cm³/mol. The zero-order chi connectivity index (χ0) is 10.8. The fourth-order valence-corrected chi connectivity index (χ4v) is 1.63. The molecular weight excluding hydrogens is 196 g/mol. The third kappa shape index (κ3) is 2.75. The number of halogens is 2. The van der Waals surface area contributed by atoms with Crippen LogP contribution in [0.15, 0.2) is 18.2 Å². The van der Waals surface area contributed by atoms with Crippen LogP contribution in [0.4, 0.5) is 8.78 Å². The van der Waals surface area contributed by atoms with Crippen LogP contribution in [0.2, 0.25) is 0 Å². The van der Waals surface area contributed by atoms with E-state index in [2.05, 4.69) is 5.32 Å². The van der Waals surface area contributed by atoms with Crippen molar-refractivity contribution in [2.24, 2.45) is 5.92 Å². The Balaban J connectivity index is 1.99. The summed E-state index contributed by atoms with van der Waals surface area (Å²) in [7, 11) is 0. The average molecular weight is 211 g/mol. The first-order valence-electron chi connectivity index (χ1n) is 5.35. The molecule has 0 spiro atoms. The van der Waals surface area contributed by atoms with Crippen molar-refractivity contribution in [3.8, 4) is 0 Å². The van der Waals surface area contributed by atoms with Crippen molar-refractivity contribution in [1.29, 1.82) is 0 Å². The van der Waals surface area contributed by atoms with E-state index in [-0.39, 0.29) is 6.04 Å². The molecule has 0 aromatic heterocycles. The van der Waals surface area contributed by atoms with Crippen molar-refractivity contribution in [3.63, 3.8) is 0 Å². The molecule has 1 aromatic rings. The molecule has 0 saturated heterocycles. The standard InChI is InChI=1S/C12H15F2N/c1-8(15-7-9-2-3-9)11-5-4-10(13)6-12(11)14/h4-6,8-9,15H,2-3,7H2,1H3/t8-/m1/s1. The van der Waals surface area contributed by atoms with Crippen molar-refractivity contribution in [1.82, 2.24) is 5.32 Å². The summed E-state index contributed by atoms with van der Waals surface area (Å²) >= 11 is 0. The Labute approximate surface area is 88.5 Å². The lowest BCUT2D eigenvalue weighted by Gasteiger charge is -2.14. The largest absolute Gasteiger partial charge is 0.310 e. The van der Waals surface area contributed by atoms with E-state index in [9.17, 15) is 8.78 Å². The maximum atomic E-state index is 13.4. The van der Waals surface area contributed by atoms with Crippen LogP contribution in [-0.4, -0.2) is 6.54 Å². The van der Waals surface area contributed by atoms with Gasteiger partial charge in [-0.3, -0.25) is 0 Å². The minimum Gasteiger partial charge on any atom is -0.310 e. The summed E-state index contributed by atoms with van der Waals surface area (Å²) in [6.07, 6.45) is 2.54. The van der Waals surface area contributed by atoms with Crippen LogP contribution in [0, 0.1) is 17.6 Å². The molecule has 3 heteroatoms. The Morgan fingerprint density at radius 3 is 2.73 bits per heavy atom. The first kappa shape index (κ1) is 10.6. The van der Waals surface area contributed by atoms with Gasteiger partial charge < -0.3 is 5.32 Å². The normalized spacial score (nSPS) is 17.8. The number of benzene rings is 1. The first-order chi connectivity index (χ1) is 7.16. The molecule has 1 atom stereocenters. The predicted octanol–water partition coefficient (Wildman–Crippen LogP) is 3.03. The second-order valence-corrected chi connectivity index (χ2v) is 4.24. The second-order valence-electron chi connectivity index (χ2n) is 4.24. The van der Waals surface area contributed by atoms with Gasteiger partial charge in [0.05, 0.1) is 0 Å². The summed E-state index contributed by atoms with van der Waals surface area (Å²) in [5.41, 5.74) is 0.539. The van der Waals surface area contributed by atoms with E-state index in [1.165, 1.54) is 25.0 Å². The molecule has 0 radical (unpaired) electrons. The monoisotopic (exact) mass is 211 g/mol. The Kier molecular flexibility index (Phi) is 3.00. The van der Waals surface area contributed by atoms with Gasteiger partial charge >= 0.3 is 0 Å². The van der Waals surface area contributed by atoms with Gasteiger partial charge in [-0.1, -0.05) is 6.07 Å². The molecule has 0 bridgehead atoms. The SMILES string of the molecule is C[C@@H](NCC1CC1)c1ccc(F)cc1F. The van der Waals surface area contributed by atoms with Gasteiger partial charge in [-0.2, -0.15) is 0 Å². The molecule has 1 fully saturated rings. The van der Waals surface area contributed by atoms with Crippen molar-refractivity contribution < 1.29 is 8.78 Å². The quantitative estimate of drug-likeness (QED) is 0.807. The Morgan fingerprint density at radius 2 is 2.13 bits per heavy atom. The smallest absolute Gasteiger partial charge is 0.130 e. The molecule has 1 saturated carbocycles. The topological polar surface area (TPSA) is 12.0 Å². The van der Waals surface area contributed by atoms with Gasteiger partial charge in [-0.15, -0.1) is 0 Å². The van der Waals surface area contributed by atoms with Crippen LogP contribution < -0.4 is 5.32 Å². The third-order valence-electron chi connectivity index (χ3n) is 2.84. The van der Waals surface area contributed by atoms with E-state index in [4.69, 9.17) is 0 Å². The molecule has 2 rings (SSSR count). The molecule has 0 aliphatic heterocycles. The molecule has 1 aliphatic carbocycles. The summed E-state index contributed by atoms with van der Waals surface area (Å²) in [6, 6.07) is 3.69. The number of hydrogen-bond donors (Lipinski definition) is 1. The van der Waals surface area contributed by atoms with Crippen LogP contribution in [0.5, 0.6) is 0 Å². The van der Waals surface area contributed by atoms with Crippen molar-refractivity contribution in [3.05, 3.63) is 35.4 Å². The number of hydrogen-bond acceptors (Lipinski definition) is 1. The van der Waals surface area contributed by atoms with Crippen molar-refractivity contribution in [2.45, 2.75) is 25.8 Å². The van der Waals surface area contributed by atoms with Crippen molar-refractivity contribution in [2.75, 3.05) is 6.54 Å². The molecule has 82 valence electrons. The summed E-state index contributed by atoms with van der Waals surface area (Å²) in [5.74, 6) is -0.229. The average Bonchev–Trinajstić information content (AvgIpc) is 2.97. The van der Waals surface area contributed by atoms with Crippen LogP contribution >= 0.6 is 0 Å². The lowest BCUT2D eigenvalue weighted by Crippen LogP contribution is -2.21. The van der Waals surface area contributed by atoms with Crippen LogP contribution in [-0.2, 0) is 0 Å². The number of nitrogens with one attached hydrogen (secondary N) is 1. The highest BCUT2D eigenvalue weighted by Gasteiger charge is 2.22. The van der Waals surface area contributed by atoms with E-state index >= 15 is 0 Å². The zero-order valence-electron chi connectivity index (χ0n) is 8.76. The fraction of sp³-hybridized carbons (Fsp3) is 0.500.